The molecule has 2 aromatic rings. The van der Waals surface area contributed by atoms with Gasteiger partial charge in [0.05, 0.1) is 22.8 Å². The summed E-state index contributed by atoms with van der Waals surface area (Å²) in [7, 11) is 0. The first-order valence-corrected chi connectivity index (χ1v) is 6.30. The number of aliphatic carboxylic acids is 1. The smallest absolute Gasteiger partial charge is 0.310 e. The molecule has 20 heavy (non-hydrogen) atoms. The van der Waals surface area contributed by atoms with Gasteiger partial charge >= 0.3 is 5.97 Å². The number of hydrogen-bond acceptors (Lipinski definition) is 3. The maximum absolute atomic E-state index is 11.9. The molecular weight excluding hydrogens is 258 g/mol. The van der Waals surface area contributed by atoms with Crippen LogP contribution < -0.4 is 5.32 Å². The summed E-state index contributed by atoms with van der Waals surface area (Å²) in [5.41, 5.74) is 0.721. The molecule has 6 heteroatoms. The Morgan fingerprint density at radius 2 is 2.05 bits per heavy atom. The minimum absolute atomic E-state index is 0.0911. The number of amides is 1. The molecule has 0 fully saturated rings. The van der Waals surface area contributed by atoms with Gasteiger partial charge in [-0.1, -0.05) is 12.1 Å². The number of para-hydroxylation sites is 2. The fourth-order valence-electron chi connectivity index (χ4n) is 1.74. The zero-order chi connectivity index (χ0) is 14.8. The van der Waals surface area contributed by atoms with Crippen molar-refractivity contribution < 1.29 is 14.7 Å². The number of carbonyl (C=O) groups is 2. The summed E-state index contributed by atoms with van der Waals surface area (Å²) in [6, 6.07) is 7.52. The lowest BCUT2D eigenvalue weighted by atomic mass is 9.94. The van der Waals surface area contributed by atoms with E-state index in [0.29, 0.717) is 0 Å². The van der Waals surface area contributed by atoms with Crippen LogP contribution >= 0.6 is 0 Å². The fraction of sp³-hybridized carbons (Fsp3) is 0.357. The van der Waals surface area contributed by atoms with Gasteiger partial charge in [-0.3, -0.25) is 9.59 Å². The maximum atomic E-state index is 11.9. The molecule has 0 spiro atoms. The van der Waals surface area contributed by atoms with Gasteiger partial charge in [0.15, 0.2) is 0 Å². The van der Waals surface area contributed by atoms with Gasteiger partial charge in [0.1, 0.15) is 6.54 Å². The highest BCUT2D eigenvalue weighted by atomic mass is 16.4. The average Bonchev–Trinajstić information content (AvgIpc) is 2.80. The molecule has 0 saturated heterocycles. The molecule has 2 N–H and O–H groups in total. The molecule has 0 atom stereocenters. The van der Waals surface area contributed by atoms with E-state index in [2.05, 4.69) is 10.3 Å². The molecular formula is C14H17N3O3. The molecule has 0 aliphatic rings. The van der Waals surface area contributed by atoms with Crippen molar-refractivity contribution in [2.24, 2.45) is 5.41 Å². The third-order valence-corrected chi connectivity index (χ3v) is 3.15. The summed E-state index contributed by atoms with van der Waals surface area (Å²) < 4.78 is 1.73. The molecule has 1 aromatic carbocycles. The topological polar surface area (TPSA) is 84.2 Å². The normalized spacial score (nSPS) is 11.5. The molecule has 1 heterocycles. The first-order valence-electron chi connectivity index (χ1n) is 6.30. The highest BCUT2D eigenvalue weighted by Gasteiger charge is 2.27. The summed E-state index contributed by atoms with van der Waals surface area (Å²) >= 11 is 0. The number of hydrogen-bond donors (Lipinski definition) is 2. The van der Waals surface area contributed by atoms with Crippen LogP contribution in [0.15, 0.2) is 30.6 Å². The number of carboxylic acids is 1. The van der Waals surface area contributed by atoms with Crippen molar-refractivity contribution >= 4 is 22.9 Å². The van der Waals surface area contributed by atoms with Gasteiger partial charge in [-0.2, -0.15) is 0 Å². The van der Waals surface area contributed by atoms with Crippen LogP contribution in [0.4, 0.5) is 0 Å². The summed E-state index contributed by atoms with van der Waals surface area (Å²) in [5.74, 6) is -1.17. The van der Waals surface area contributed by atoms with Crippen LogP contribution in [0.1, 0.15) is 13.8 Å². The van der Waals surface area contributed by atoms with Crippen LogP contribution in [0.25, 0.3) is 11.0 Å². The zero-order valence-corrected chi connectivity index (χ0v) is 11.5. The highest BCUT2D eigenvalue weighted by Crippen LogP contribution is 2.14. The van der Waals surface area contributed by atoms with Crippen molar-refractivity contribution in [3.63, 3.8) is 0 Å². The number of aromatic nitrogens is 2. The van der Waals surface area contributed by atoms with Crippen molar-refractivity contribution in [3.05, 3.63) is 30.6 Å². The van der Waals surface area contributed by atoms with Crippen molar-refractivity contribution in [1.29, 1.82) is 0 Å². The number of carbonyl (C=O) groups excluding carboxylic acids is 1. The molecule has 0 aliphatic heterocycles. The highest BCUT2D eigenvalue weighted by molar-refractivity contribution is 5.81. The molecule has 0 saturated carbocycles. The predicted octanol–water partition coefficient (Wildman–Crippen LogP) is 1.26. The van der Waals surface area contributed by atoms with E-state index < -0.39 is 11.4 Å². The first kappa shape index (κ1) is 14.0. The van der Waals surface area contributed by atoms with E-state index in [9.17, 15) is 9.59 Å². The van der Waals surface area contributed by atoms with Gasteiger partial charge in [-0.25, -0.2) is 4.98 Å². The quantitative estimate of drug-likeness (QED) is 0.860. The molecule has 0 radical (unpaired) electrons. The van der Waals surface area contributed by atoms with E-state index in [-0.39, 0.29) is 19.0 Å². The molecule has 6 nitrogen and oxygen atoms in total. The van der Waals surface area contributed by atoms with E-state index in [0.717, 1.165) is 11.0 Å². The van der Waals surface area contributed by atoms with E-state index >= 15 is 0 Å². The SMILES string of the molecule is CC(C)(CNC(=O)Cn1cnc2ccccc21)C(=O)O. The number of nitrogens with zero attached hydrogens (tertiary/aromatic N) is 2. The van der Waals surface area contributed by atoms with Crippen LogP contribution in [-0.2, 0) is 16.1 Å². The van der Waals surface area contributed by atoms with Gasteiger partial charge in [0, 0.05) is 6.54 Å². The van der Waals surface area contributed by atoms with E-state index in [1.807, 2.05) is 24.3 Å². The van der Waals surface area contributed by atoms with Crippen molar-refractivity contribution in [2.75, 3.05) is 6.54 Å². The maximum Gasteiger partial charge on any atom is 0.310 e. The lowest BCUT2D eigenvalue weighted by molar-refractivity contribution is -0.146. The summed E-state index contributed by atoms with van der Waals surface area (Å²) in [5, 5.41) is 11.6. The Bertz CT molecular complexity index is 646. The van der Waals surface area contributed by atoms with Crippen LogP contribution in [0.5, 0.6) is 0 Å². The van der Waals surface area contributed by atoms with Gasteiger partial charge in [-0.05, 0) is 26.0 Å². The van der Waals surface area contributed by atoms with Crippen LogP contribution in [-0.4, -0.2) is 33.1 Å². The zero-order valence-electron chi connectivity index (χ0n) is 11.5. The van der Waals surface area contributed by atoms with Crippen molar-refractivity contribution in [1.82, 2.24) is 14.9 Å². The predicted molar refractivity (Wildman–Crippen MR) is 74.2 cm³/mol. The Balaban J connectivity index is 2.00. The molecule has 0 aliphatic carbocycles. The molecule has 1 aromatic heterocycles. The molecule has 1 amide bonds. The monoisotopic (exact) mass is 275 g/mol. The third-order valence-electron chi connectivity index (χ3n) is 3.15. The molecule has 2 rings (SSSR count). The van der Waals surface area contributed by atoms with Crippen molar-refractivity contribution in [2.45, 2.75) is 20.4 Å². The van der Waals surface area contributed by atoms with E-state index in [1.165, 1.54) is 0 Å². The minimum atomic E-state index is -0.979. The average molecular weight is 275 g/mol. The van der Waals surface area contributed by atoms with Crippen LogP contribution in [0.2, 0.25) is 0 Å². The van der Waals surface area contributed by atoms with Gasteiger partial charge < -0.3 is 15.0 Å². The Morgan fingerprint density at radius 1 is 1.35 bits per heavy atom. The molecule has 0 bridgehead atoms. The number of carboxylic acid groups (broad SMARTS) is 1. The van der Waals surface area contributed by atoms with Crippen molar-refractivity contribution in [3.8, 4) is 0 Å². The summed E-state index contributed by atoms with van der Waals surface area (Å²) in [6.45, 7) is 3.36. The Morgan fingerprint density at radius 3 is 2.75 bits per heavy atom. The second kappa shape index (κ2) is 5.32. The Kier molecular flexibility index (Phi) is 3.74. The van der Waals surface area contributed by atoms with Crippen LogP contribution in [0.3, 0.4) is 0 Å². The Labute approximate surface area is 116 Å². The lowest BCUT2D eigenvalue weighted by Crippen LogP contribution is -2.40. The second-order valence-corrected chi connectivity index (χ2v) is 5.33. The van der Waals surface area contributed by atoms with Gasteiger partial charge in [0.25, 0.3) is 0 Å². The summed E-state index contributed by atoms with van der Waals surface area (Å²) in [6.07, 6.45) is 1.60. The molecule has 106 valence electrons. The number of imidazole rings is 1. The first-order chi connectivity index (χ1) is 9.40. The Hall–Kier alpha value is -2.37. The number of rotatable bonds is 5. The minimum Gasteiger partial charge on any atom is -0.481 e. The third kappa shape index (κ3) is 2.96. The standard InChI is InChI=1S/C14H17N3O3/c1-14(2,13(19)20)8-15-12(18)7-17-9-16-10-5-3-4-6-11(10)17/h3-6,9H,7-8H2,1-2H3,(H,15,18)(H,19,20). The van der Waals surface area contributed by atoms with E-state index in [1.54, 1.807) is 24.7 Å². The summed E-state index contributed by atoms with van der Waals surface area (Å²) in [4.78, 5) is 27.0. The van der Waals surface area contributed by atoms with Gasteiger partial charge in [0.2, 0.25) is 5.91 Å². The number of fused-ring (bicyclic) bond motifs is 1. The number of nitrogens with one attached hydrogen (secondary N) is 1. The van der Waals surface area contributed by atoms with Crippen LogP contribution in [0, 0.1) is 5.41 Å². The number of benzene rings is 1. The van der Waals surface area contributed by atoms with E-state index in [4.69, 9.17) is 5.11 Å². The molecule has 0 unspecified atom stereocenters. The second-order valence-electron chi connectivity index (χ2n) is 5.33. The fourth-order valence-corrected chi connectivity index (χ4v) is 1.74. The lowest BCUT2D eigenvalue weighted by Gasteiger charge is -2.19. The largest absolute Gasteiger partial charge is 0.481 e. The van der Waals surface area contributed by atoms with Gasteiger partial charge in [-0.15, -0.1) is 0 Å².